The standard InChI is InChI=1S/C19H28N2O4/c1-17(2,24-3)19-13-18(22,14-9-5-4-6-10-14)25-21(19)16-12-8-7-11-15(16)20(19)23/h4-6,9-10,15-16,22-23H,7-8,11-13H2,1-3H3/t15-,16-,18-,19+/m1/s1. The molecule has 138 valence electrons. The van der Waals surface area contributed by atoms with E-state index >= 15 is 0 Å². The second-order valence-corrected chi connectivity index (χ2v) is 8.04. The molecule has 6 heteroatoms. The Morgan fingerprint density at radius 2 is 1.80 bits per heavy atom. The highest BCUT2D eigenvalue weighted by molar-refractivity contribution is 5.25. The summed E-state index contributed by atoms with van der Waals surface area (Å²) in [6.07, 6.45) is 4.27. The Balaban J connectivity index is 1.81. The van der Waals surface area contributed by atoms with E-state index in [2.05, 4.69) is 0 Å². The fraction of sp³-hybridized carbons (Fsp3) is 0.684. The van der Waals surface area contributed by atoms with E-state index in [1.807, 2.05) is 49.2 Å². The van der Waals surface area contributed by atoms with Crippen molar-refractivity contribution in [1.29, 1.82) is 0 Å². The number of ether oxygens (including phenoxy) is 1. The molecule has 1 aliphatic carbocycles. The van der Waals surface area contributed by atoms with Crippen molar-refractivity contribution in [2.45, 2.75) is 75.1 Å². The van der Waals surface area contributed by atoms with Crippen LogP contribution < -0.4 is 0 Å². The fourth-order valence-corrected chi connectivity index (χ4v) is 4.90. The van der Waals surface area contributed by atoms with Crippen LogP contribution in [-0.4, -0.2) is 50.9 Å². The van der Waals surface area contributed by atoms with Crippen LogP contribution in [0.1, 0.15) is 51.5 Å². The summed E-state index contributed by atoms with van der Waals surface area (Å²) in [5, 5.41) is 25.8. The third-order valence-electron chi connectivity index (χ3n) is 6.49. The molecule has 4 atom stereocenters. The van der Waals surface area contributed by atoms with Crippen LogP contribution in [0.2, 0.25) is 0 Å². The topological polar surface area (TPSA) is 65.4 Å². The molecule has 3 fully saturated rings. The molecule has 0 unspecified atom stereocenters. The first-order chi connectivity index (χ1) is 11.9. The molecule has 6 nitrogen and oxygen atoms in total. The zero-order valence-corrected chi connectivity index (χ0v) is 15.2. The molecule has 3 aliphatic rings. The number of benzene rings is 1. The van der Waals surface area contributed by atoms with Crippen LogP contribution >= 0.6 is 0 Å². The Kier molecular flexibility index (Phi) is 3.99. The van der Waals surface area contributed by atoms with Gasteiger partial charge in [0.15, 0.2) is 5.66 Å². The molecule has 25 heavy (non-hydrogen) atoms. The summed E-state index contributed by atoms with van der Waals surface area (Å²) in [6.45, 7) is 3.89. The van der Waals surface area contributed by atoms with Crippen LogP contribution in [0.25, 0.3) is 0 Å². The number of hydrogen-bond donors (Lipinski definition) is 2. The molecule has 0 amide bonds. The van der Waals surface area contributed by atoms with E-state index in [9.17, 15) is 10.3 Å². The molecule has 2 heterocycles. The van der Waals surface area contributed by atoms with Crippen LogP contribution in [0.15, 0.2) is 30.3 Å². The molecule has 1 aromatic rings. The largest absolute Gasteiger partial charge is 0.375 e. The van der Waals surface area contributed by atoms with Gasteiger partial charge in [0, 0.05) is 19.1 Å². The molecule has 1 saturated carbocycles. The predicted octanol–water partition coefficient (Wildman–Crippen LogP) is 2.61. The van der Waals surface area contributed by atoms with Gasteiger partial charge in [-0.15, -0.1) is 0 Å². The molecule has 2 aliphatic heterocycles. The molecular formula is C19H28N2O4. The van der Waals surface area contributed by atoms with Crippen molar-refractivity contribution >= 4 is 0 Å². The van der Waals surface area contributed by atoms with Gasteiger partial charge in [-0.1, -0.05) is 43.2 Å². The van der Waals surface area contributed by atoms with Crippen LogP contribution in [0.3, 0.4) is 0 Å². The first-order valence-corrected chi connectivity index (χ1v) is 9.15. The first kappa shape index (κ1) is 17.4. The Hall–Kier alpha value is -1.02. The molecule has 2 N–H and O–H groups in total. The van der Waals surface area contributed by atoms with Gasteiger partial charge in [-0.25, -0.2) is 0 Å². The van der Waals surface area contributed by atoms with E-state index < -0.39 is 17.1 Å². The molecule has 0 aromatic heterocycles. The molecule has 4 rings (SSSR count). The summed E-state index contributed by atoms with van der Waals surface area (Å²) in [7, 11) is 1.64. The minimum Gasteiger partial charge on any atom is -0.375 e. The maximum Gasteiger partial charge on any atom is 0.214 e. The number of fused-ring (bicyclic) bond motifs is 3. The van der Waals surface area contributed by atoms with Crippen LogP contribution in [-0.2, 0) is 15.4 Å². The second-order valence-electron chi connectivity index (χ2n) is 8.04. The summed E-state index contributed by atoms with van der Waals surface area (Å²) in [5.41, 5.74) is -0.985. The second kappa shape index (κ2) is 5.74. The lowest BCUT2D eigenvalue weighted by molar-refractivity contribution is -0.334. The van der Waals surface area contributed by atoms with Crippen molar-refractivity contribution in [3.63, 3.8) is 0 Å². The van der Waals surface area contributed by atoms with E-state index in [0.717, 1.165) is 25.7 Å². The number of aliphatic hydroxyl groups is 1. The van der Waals surface area contributed by atoms with Crippen LogP contribution in [0, 0.1) is 0 Å². The molecule has 0 radical (unpaired) electrons. The normalized spacial score (nSPS) is 39.4. The van der Waals surface area contributed by atoms with E-state index in [0.29, 0.717) is 5.56 Å². The predicted molar refractivity (Wildman–Crippen MR) is 91.4 cm³/mol. The summed E-state index contributed by atoms with van der Waals surface area (Å²) in [6, 6.07) is 9.44. The molecule has 0 bridgehead atoms. The van der Waals surface area contributed by atoms with E-state index in [1.165, 1.54) is 5.06 Å². The first-order valence-electron chi connectivity index (χ1n) is 9.15. The molecule has 1 aromatic carbocycles. The van der Waals surface area contributed by atoms with Gasteiger partial charge in [-0.2, -0.15) is 10.1 Å². The molecular weight excluding hydrogens is 320 g/mol. The average molecular weight is 348 g/mol. The summed E-state index contributed by atoms with van der Waals surface area (Å²) in [5.74, 6) is -1.49. The summed E-state index contributed by atoms with van der Waals surface area (Å²) in [4.78, 5) is 6.20. The number of rotatable bonds is 3. The van der Waals surface area contributed by atoms with Crippen molar-refractivity contribution in [1.82, 2.24) is 10.1 Å². The van der Waals surface area contributed by atoms with Crippen LogP contribution in [0.4, 0.5) is 0 Å². The maximum atomic E-state index is 11.3. The van der Waals surface area contributed by atoms with Gasteiger partial charge < -0.3 is 15.1 Å². The van der Waals surface area contributed by atoms with Gasteiger partial charge in [0.1, 0.15) is 0 Å². The van der Waals surface area contributed by atoms with Crippen molar-refractivity contribution in [3.8, 4) is 0 Å². The minimum absolute atomic E-state index is 0.00324. The highest BCUT2D eigenvalue weighted by Gasteiger charge is 2.73. The summed E-state index contributed by atoms with van der Waals surface area (Å²) >= 11 is 0. The van der Waals surface area contributed by atoms with Crippen LogP contribution in [0.5, 0.6) is 0 Å². The van der Waals surface area contributed by atoms with Gasteiger partial charge in [-0.3, -0.25) is 4.84 Å². The monoisotopic (exact) mass is 348 g/mol. The fourth-order valence-electron chi connectivity index (χ4n) is 4.90. The SMILES string of the molecule is COC(C)(C)[C@]12C[C@](O)(c3ccccc3)ON1[C@@H]1CCCC[C@H]1N2O. The number of hydrogen-bond acceptors (Lipinski definition) is 6. The Labute approximate surface area is 148 Å². The maximum absolute atomic E-state index is 11.3. The quantitative estimate of drug-likeness (QED) is 0.875. The van der Waals surface area contributed by atoms with Gasteiger partial charge in [0.2, 0.25) is 5.79 Å². The average Bonchev–Trinajstić information content (AvgIpc) is 3.08. The highest BCUT2D eigenvalue weighted by Crippen LogP contribution is 2.57. The zero-order chi connectivity index (χ0) is 17.9. The Morgan fingerprint density at radius 3 is 2.44 bits per heavy atom. The highest BCUT2D eigenvalue weighted by atomic mass is 16.8. The smallest absolute Gasteiger partial charge is 0.214 e. The van der Waals surface area contributed by atoms with Gasteiger partial charge >= 0.3 is 0 Å². The lowest BCUT2D eigenvalue weighted by Gasteiger charge is -2.46. The zero-order valence-electron chi connectivity index (χ0n) is 15.2. The number of hydroxylamine groups is 4. The Bertz CT molecular complexity index is 640. The van der Waals surface area contributed by atoms with Gasteiger partial charge in [0.05, 0.1) is 17.7 Å². The lowest BCUT2D eigenvalue weighted by atomic mass is 9.83. The van der Waals surface area contributed by atoms with Crippen molar-refractivity contribution < 1.29 is 19.9 Å². The number of nitrogens with zero attached hydrogens (tertiary/aromatic N) is 2. The Morgan fingerprint density at radius 1 is 1.16 bits per heavy atom. The van der Waals surface area contributed by atoms with Gasteiger partial charge in [-0.05, 0) is 26.7 Å². The van der Waals surface area contributed by atoms with E-state index in [1.54, 1.807) is 7.11 Å². The summed E-state index contributed by atoms with van der Waals surface area (Å²) < 4.78 is 5.80. The van der Waals surface area contributed by atoms with Crippen molar-refractivity contribution in [2.75, 3.05) is 7.11 Å². The third kappa shape index (κ3) is 2.25. The molecule has 2 saturated heterocycles. The third-order valence-corrected chi connectivity index (χ3v) is 6.49. The minimum atomic E-state index is -1.49. The van der Waals surface area contributed by atoms with Gasteiger partial charge in [0.25, 0.3) is 0 Å². The van der Waals surface area contributed by atoms with Crippen molar-refractivity contribution in [3.05, 3.63) is 35.9 Å². The van der Waals surface area contributed by atoms with E-state index in [4.69, 9.17) is 9.57 Å². The van der Waals surface area contributed by atoms with Crippen molar-refractivity contribution in [2.24, 2.45) is 0 Å². The lowest BCUT2D eigenvalue weighted by Crippen LogP contribution is -2.64. The molecule has 0 spiro atoms. The number of methoxy groups -OCH3 is 1. The van der Waals surface area contributed by atoms with E-state index in [-0.39, 0.29) is 18.5 Å².